The highest BCUT2D eigenvalue weighted by Crippen LogP contribution is 2.36. The molecular weight excluding hydrogens is 178 g/mol. The van der Waals surface area contributed by atoms with E-state index in [1.807, 2.05) is 0 Å². The van der Waals surface area contributed by atoms with E-state index < -0.39 is 0 Å². The molecule has 0 N–H and O–H groups in total. The van der Waals surface area contributed by atoms with Crippen molar-refractivity contribution in [3.8, 4) is 0 Å². The quantitative estimate of drug-likeness (QED) is 0.669. The SMILES string of the molecule is CCC1(CC)CCN(CCCS)C1. The molecule has 1 aliphatic heterocycles. The molecule has 0 bridgehead atoms. The molecule has 1 aliphatic rings. The van der Waals surface area contributed by atoms with E-state index in [0.29, 0.717) is 5.41 Å². The van der Waals surface area contributed by atoms with Crippen LogP contribution in [0.1, 0.15) is 39.5 Å². The van der Waals surface area contributed by atoms with Gasteiger partial charge in [0.2, 0.25) is 0 Å². The maximum atomic E-state index is 4.26. The molecule has 0 saturated carbocycles. The molecule has 1 rings (SSSR count). The van der Waals surface area contributed by atoms with Gasteiger partial charge in [-0.05, 0) is 49.9 Å². The van der Waals surface area contributed by atoms with Crippen LogP contribution in [0.25, 0.3) is 0 Å². The maximum absolute atomic E-state index is 4.26. The molecule has 78 valence electrons. The van der Waals surface area contributed by atoms with Crippen molar-refractivity contribution in [2.24, 2.45) is 5.41 Å². The van der Waals surface area contributed by atoms with Gasteiger partial charge < -0.3 is 4.90 Å². The van der Waals surface area contributed by atoms with E-state index in [1.165, 1.54) is 45.3 Å². The molecule has 0 spiro atoms. The van der Waals surface area contributed by atoms with Gasteiger partial charge in [0, 0.05) is 6.54 Å². The topological polar surface area (TPSA) is 3.24 Å². The molecule has 0 aliphatic carbocycles. The molecule has 1 saturated heterocycles. The van der Waals surface area contributed by atoms with Gasteiger partial charge in [0.05, 0.1) is 0 Å². The average Bonchev–Trinajstić information content (AvgIpc) is 2.59. The summed E-state index contributed by atoms with van der Waals surface area (Å²) in [5.41, 5.74) is 0.649. The Morgan fingerprint density at radius 3 is 2.46 bits per heavy atom. The third-order valence-corrected chi connectivity index (χ3v) is 3.97. The molecule has 0 atom stereocenters. The van der Waals surface area contributed by atoms with Gasteiger partial charge >= 0.3 is 0 Å². The maximum Gasteiger partial charge on any atom is 0.00383 e. The summed E-state index contributed by atoms with van der Waals surface area (Å²) < 4.78 is 0. The minimum absolute atomic E-state index is 0.649. The van der Waals surface area contributed by atoms with E-state index in [1.54, 1.807) is 0 Å². The highest BCUT2D eigenvalue weighted by Gasteiger charge is 2.34. The second-order valence-electron chi connectivity index (χ2n) is 4.31. The smallest absolute Gasteiger partial charge is 0.00383 e. The van der Waals surface area contributed by atoms with Gasteiger partial charge in [-0.1, -0.05) is 13.8 Å². The van der Waals surface area contributed by atoms with Crippen LogP contribution in [-0.4, -0.2) is 30.3 Å². The zero-order valence-electron chi connectivity index (χ0n) is 9.05. The minimum atomic E-state index is 0.649. The van der Waals surface area contributed by atoms with Gasteiger partial charge in [-0.2, -0.15) is 12.6 Å². The minimum Gasteiger partial charge on any atom is -0.303 e. The Labute approximate surface area is 88.3 Å². The second kappa shape index (κ2) is 5.26. The van der Waals surface area contributed by atoms with Crippen LogP contribution in [0, 0.1) is 5.41 Å². The van der Waals surface area contributed by atoms with Gasteiger partial charge in [-0.25, -0.2) is 0 Å². The van der Waals surface area contributed by atoms with Crippen LogP contribution in [0.2, 0.25) is 0 Å². The first-order valence-corrected chi connectivity index (χ1v) is 6.23. The Morgan fingerprint density at radius 2 is 2.00 bits per heavy atom. The predicted octanol–water partition coefficient (Wildman–Crippen LogP) is 2.82. The molecule has 13 heavy (non-hydrogen) atoms. The molecule has 1 nitrogen and oxygen atoms in total. The summed E-state index contributed by atoms with van der Waals surface area (Å²) >= 11 is 4.26. The highest BCUT2D eigenvalue weighted by atomic mass is 32.1. The molecule has 0 unspecified atom stereocenters. The number of rotatable bonds is 5. The fourth-order valence-corrected chi connectivity index (χ4v) is 2.48. The summed E-state index contributed by atoms with van der Waals surface area (Å²) in [4.78, 5) is 2.61. The molecule has 0 aromatic carbocycles. The Bertz CT molecular complexity index is 143. The molecule has 1 heterocycles. The van der Waals surface area contributed by atoms with E-state index in [0.717, 1.165) is 5.75 Å². The first-order valence-electron chi connectivity index (χ1n) is 5.59. The Kier molecular flexibility index (Phi) is 4.60. The number of hydrogen-bond acceptors (Lipinski definition) is 2. The highest BCUT2D eigenvalue weighted by molar-refractivity contribution is 7.80. The number of likely N-dealkylation sites (tertiary alicyclic amines) is 1. The van der Waals surface area contributed by atoms with Crippen LogP contribution in [0.3, 0.4) is 0 Å². The predicted molar refractivity (Wildman–Crippen MR) is 62.5 cm³/mol. The van der Waals surface area contributed by atoms with Crippen LogP contribution in [-0.2, 0) is 0 Å². The Morgan fingerprint density at radius 1 is 1.31 bits per heavy atom. The van der Waals surface area contributed by atoms with Crippen molar-refractivity contribution in [1.82, 2.24) is 4.90 Å². The summed E-state index contributed by atoms with van der Waals surface area (Å²) in [6.45, 7) is 8.58. The monoisotopic (exact) mass is 201 g/mol. The average molecular weight is 201 g/mol. The van der Waals surface area contributed by atoms with Gasteiger partial charge in [0.15, 0.2) is 0 Å². The van der Waals surface area contributed by atoms with E-state index in [9.17, 15) is 0 Å². The fourth-order valence-electron chi connectivity index (χ4n) is 2.34. The zero-order valence-corrected chi connectivity index (χ0v) is 9.95. The van der Waals surface area contributed by atoms with Crippen molar-refractivity contribution in [2.75, 3.05) is 25.4 Å². The van der Waals surface area contributed by atoms with Gasteiger partial charge in [-0.15, -0.1) is 0 Å². The van der Waals surface area contributed by atoms with Crippen LogP contribution < -0.4 is 0 Å². The molecule has 0 radical (unpaired) electrons. The lowest BCUT2D eigenvalue weighted by atomic mass is 9.82. The molecule has 0 aromatic heterocycles. The molecule has 1 fully saturated rings. The zero-order chi connectivity index (χ0) is 9.73. The van der Waals surface area contributed by atoms with Crippen LogP contribution >= 0.6 is 12.6 Å². The number of hydrogen-bond donors (Lipinski definition) is 1. The summed E-state index contributed by atoms with van der Waals surface area (Å²) in [6.07, 6.45) is 5.35. The van der Waals surface area contributed by atoms with Crippen molar-refractivity contribution < 1.29 is 0 Å². The molecule has 2 heteroatoms. The fraction of sp³-hybridized carbons (Fsp3) is 1.00. The lowest BCUT2D eigenvalue weighted by Crippen LogP contribution is -2.27. The summed E-state index contributed by atoms with van der Waals surface area (Å²) in [5.74, 6) is 1.03. The first kappa shape index (κ1) is 11.4. The van der Waals surface area contributed by atoms with E-state index >= 15 is 0 Å². The largest absolute Gasteiger partial charge is 0.303 e. The second-order valence-corrected chi connectivity index (χ2v) is 4.76. The third kappa shape index (κ3) is 2.88. The van der Waals surface area contributed by atoms with Crippen LogP contribution in [0.5, 0.6) is 0 Å². The molecule has 0 aromatic rings. The molecular formula is C11H23NS. The van der Waals surface area contributed by atoms with E-state index in [2.05, 4.69) is 31.4 Å². The first-order chi connectivity index (χ1) is 6.26. The van der Waals surface area contributed by atoms with Gasteiger partial charge in [0.25, 0.3) is 0 Å². The Balaban J connectivity index is 2.33. The van der Waals surface area contributed by atoms with Crippen molar-refractivity contribution in [3.05, 3.63) is 0 Å². The van der Waals surface area contributed by atoms with Crippen molar-refractivity contribution in [2.45, 2.75) is 39.5 Å². The lowest BCUT2D eigenvalue weighted by molar-refractivity contribution is 0.241. The van der Waals surface area contributed by atoms with Crippen molar-refractivity contribution in [1.29, 1.82) is 0 Å². The van der Waals surface area contributed by atoms with Crippen molar-refractivity contribution >= 4 is 12.6 Å². The third-order valence-electron chi connectivity index (χ3n) is 3.65. The molecule has 0 amide bonds. The van der Waals surface area contributed by atoms with Gasteiger partial charge in [-0.3, -0.25) is 0 Å². The van der Waals surface area contributed by atoms with E-state index in [4.69, 9.17) is 0 Å². The summed E-state index contributed by atoms with van der Waals surface area (Å²) in [5, 5.41) is 0. The summed E-state index contributed by atoms with van der Waals surface area (Å²) in [7, 11) is 0. The van der Waals surface area contributed by atoms with Crippen LogP contribution in [0.4, 0.5) is 0 Å². The normalized spacial score (nSPS) is 22.4. The van der Waals surface area contributed by atoms with E-state index in [-0.39, 0.29) is 0 Å². The standard InChI is InChI=1S/C11H23NS/c1-3-11(4-2)6-8-12(10-11)7-5-9-13/h13H,3-10H2,1-2H3. The van der Waals surface area contributed by atoms with Crippen molar-refractivity contribution in [3.63, 3.8) is 0 Å². The van der Waals surface area contributed by atoms with Crippen LogP contribution in [0.15, 0.2) is 0 Å². The summed E-state index contributed by atoms with van der Waals surface area (Å²) in [6, 6.07) is 0. The van der Waals surface area contributed by atoms with Gasteiger partial charge in [0.1, 0.15) is 0 Å². The lowest BCUT2D eigenvalue weighted by Gasteiger charge is -2.26. The Hall–Kier alpha value is 0.310. The number of nitrogens with zero attached hydrogens (tertiary/aromatic N) is 1. The number of thiol groups is 1.